The zero-order chi connectivity index (χ0) is 14.3. The Hall–Kier alpha value is -0.120. The Morgan fingerprint density at radius 3 is 2.74 bits per heavy atom. The average molecular weight is 270 g/mol. The van der Waals surface area contributed by atoms with E-state index in [1.165, 1.54) is 32.2 Å². The number of hydrogen-bond acceptors (Lipinski definition) is 3. The third kappa shape index (κ3) is 6.24. The first-order valence-corrected chi connectivity index (χ1v) is 8.05. The van der Waals surface area contributed by atoms with Crippen LogP contribution in [0.15, 0.2) is 0 Å². The Kier molecular flexibility index (Phi) is 7.96. The van der Waals surface area contributed by atoms with E-state index in [1.807, 2.05) is 0 Å². The Labute approximate surface area is 120 Å². The van der Waals surface area contributed by atoms with Crippen LogP contribution in [-0.2, 0) is 4.74 Å². The number of hydrogen-bond donors (Lipinski definition) is 0. The molecule has 0 amide bonds. The van der Waals surface area contributed by atoms with E-state index < -0.39 is 0 Å². The van der Waals surface area contributed by atoms with Crippen molar-refractivity contribution in [2.75, 3.05) is 40.3 Å². The van der Waals surface area contributed by atoms with Crippen molar-refractivity contribution in [1.29, 1.82) is 0 Å². The van der Waals surface area contributed by atoms with Gasteiger partial charge in [-0.15, -0.1) is 0 Å². The zero-order valence-electron chi connectivity index (χ0n) is 13.7. The van der Waals surface area contributed by atoms with Gasteiger partial charge in [-0.2, -0.15) is 0 Å². The lowest BCUT2D eigenvalue weighted by Gasteiger charge is -2.41. The molecule has 0 aromatic rings. The van der Waals surface area contributed by atoms with Crippen LogP contribution >= 0.6 is 0 Å². The maximum Gasteiger partial charge on any atom is 0.0857 e. The van der Waals surface area contributed by atoms with E-state index in [2.05, 4.69) is 44.7 Å². The Morgan fingerprint density at radius 2 is 2.11 bits per heavy atom. The molecule has 19 heavy (non-hydrogen) atoms. The van der Waals surface area contributed by atoms with Crippen molar-refractivity contribution in [3.63, 3.8) is 0 Å². The maximum absolute atomic E-state index is 6.05. The first kappa shape index (κ1) is 16.9. The topological polar surface area (TPSA) is 15.7 Å². The molecule has 0 bridgehead atoms. The fourth-order valence-electron chi connectivity index (χ4n) is 3.00. The highest BCUT2D eigenvalue weighted by Crippen LogP contribution is 2.20. The van der Waals surface area contributed by atoms with Crippen LogP contribution in [0.3, 0.4) is 0 Å². The zero-order valence-corrected chi connectivity index (χ0v) is 13.7. The molecule has 3 nitrogen and oxygen atoms in total. The predicted molar refractivity (Wildman–Crippen MR) is 82.6 cm³/mol. The van der Waals surface area contributed by atoms with Gasteiger partial charge in [-0.3, -0.25) is 4.90 Å². The molecule has 1 rings (SSSR count). The van der Waals surface area contributed by atoms with Crippen molar-refractivity contribution < 1.29 is 4.74 Å². The Bertz CT molecular complexity index is 233. The minimum Gasteiger partial charge on any atom is -0.374 e. The molecule has 1 aliphatic heterocycles. The number of likely N-dealkylation sites (N-methyl/N-ethyl adjacent to an activating group) is 2. The van der Waals surface area contributed by atoms with Crippen LogP contribution in [0.4, 0.5) is 0 Å². The van der Waals surface area contributed by atoms with Gasteiger partial charge in [-0.05, 0) is 39.4 Å². The van der Waals surface area contributed by atoms with Crippen molar-refractivity contribution >= 4 is 0 Å². The molecule has 1 fully saturated rings. The summed E-state index contributed by atoms with van der Waals surface area (Å²) in [5, 5.41) is 0. The molecule has 1 saturated heterocycles. The Morgan fingerprint density at radius 1 is 1.37 bits per heavy atom. The summed E-state index contributed by atoms with van der Waals surface area (Å²) in [6.07, 6.45) is 5.55. The average Bonchev–Trinajstić information content (AvgIpc) is 2.32. The summed E-state index contributed by atoms with van der Waals surface area (Å²) in [6.45, 7) is 11.1. The molecule has 0 radical (unpaired) electrons. The maximum atomic E-state index is 6.05. The third-order valence-corrected chi connectivity index (χ3v) is 4.15. The number of nitrogens with zero attached hydrogens (tertiary/aromatic N) is 2. The summed E-state index contributed by atoms with van der Waals surface area (Å²) >= 11 is 0. The van der Waals surface area contributed by atoms with Crippen LogP contribution in [0.25, 0.3) is 0 Å². The van der Waals surface area contributed by atoms with Crippen molar-refractivity contribution in [2.24, 2.45) is 5.92 Å². The summed E-state index contributed by atoms with van der Waals surface area (Å²) in [7, 11) is 4.47. The molecule has 0 aromatic heterocycles. The Balaban J connectivity index is 2.44. The van der Waals surface area contributed by atoms with Crippen molar-refractivity contribution in [1.82, 2.24) is 9.80 Å². The van der Waals surface area contributed by atoms with Crippen LogP contribution in [-0.4, -0.2) is 62.3 Å². The largest absolute Gasteiger partial charge is 0.374 e. The molecule has 0 N–H and O–H groups in total. The van der Waals surface area contributed by atoms with Crippen LogP contribution in [0.5, 0.6) is 0 Å². The quantitative estimate of drug-likeness (QED) is 0.674. The van der Waals surface area contributed by atoms with Crippen LogP contribution < -0.4 is 0 Å². The highest BCUT2D eigenvalue weighted by Gasteiger charge is 2.30. The van der Waals surface area contributed by atoms with E-state index in [1.54, 1.807) is 0 Å². The number of morpholine rings is 1. The summed E-state index contributed by atoms with van der Waals surface area (Å²) in [5.41, 5.74) is 0. The molecule has 0 aromatic carbocycles. The highest BCUT2D eigenvalue weighted by molar-refractivity contribution is 4.84. The normalized spacial score (nSPS) is 25.4. The number of rotatable bonds is 8. The fraction of sp³-hybridized carbons (Fsp3) is 1.00. The molecule has 0 aliphatic carbocycles. The van der Waals surface area contributed by atoms with Gasteiger partial charge in [0, 0.05) is 19.1 Å². The van der Waals surface area contributed by atoms with Gasteiger partial charge < -0.3 is 9.64 Å². The second-order valence-corrected chi connectivity index (χ2v) is 6.54. The van der Waals surface area contributed by atoms with Gasteiger partial charge in [0.2, 0.25) is 0 Å². The molecule has 2 atom stereocenters. The third-order valence-electron chi connectivity index (χ3n) is 4.15. The van der Waals surface area contributed by atoms with E-state index in [0.29, 0.717) is 12.1 Å². The summed E-state index contributed by atoms with van der Waals surface area (Å²) in [6, 6.07) is 0.604. The lowest BCUT2D eigenvalue weighted by Crippen LogP contribution is -2.53. The second kappa shape index (κ2) is 8.93. The van der Waals surface area contributed by atoms with Gasteiger partial charge in [-0.1, -0.05) is 33.6 Å². The van der Waals surface area contributed by atoms with Gasteiger partial charge in [-0.25, -0.2) is 0 Å². The smallest absolute Gasteiger partial charge is 0.0857 e. The molecular weight excluding hydrogens is 236 g/mol. The van der Waals surface area contributed by atoms with E-state index in [0.717, 1.165) is 25.6 Å². The molecule has 1 heterocycles. The van der Waals surface area contributed by atoms with Crippen molar-refractivity contribution in [3.8, 4) is 0 Å². The molecule has 3 heteroatoms. The fourth-order valence-corrected chi connectivity index (χ4v) is 3.00. The molecule has 1 aliphatic rings. The van der Waals surface area contributed by atoms with Gasteiger partial charge in [0.1, 0.15) is 0 Å². The minimum absolute atomic E-state index is 0.391. The summed E-state index contributed by atoms with van der Waals surface area (Å²) in [4.78, 5) is 4.92. The van der Waals surface area contributed by atoms with Crippen LogP contribution in [0.1, 0.15) is 46.5 Å². The van der Waals surface area contributed by atoms with Gasteiger partial charge >= 0.3 is 0 Å². The highest BCUT2D eigenvalue weighted by atomic mass is 16.5. The molecule has 0 spiro atoms. The van der Waals surface area contributed by atoms with Gasteiger partial charge in [0.15, 0.2) is 0 Å². The lowest BCUT2D eigenvalue weighted by atomic mass is 9.97. The summed E-state index contributed by atoms with van der Waals surface area (Å²) in [5.74, 6) is 0.816. The predicted octanol–water partition coefficient (Wildman–Crippen LogP) is 2.85. The molecule has 0 saturated carbocycles. The van der Waals surface area contributed by atoms with Crippen molar-refractivity contribution in [2.45, 2.75) is 58.6 Å². The van der Waals surface area contributed by atoms with Gasteiger partial charge in [0.25, 0.3) is 0 Å². The summed E-state index contributed by atoms with van der Waals surface area (Å²) < 4.78 is 6.05. The van der Waals surface area contributed by atoms with Crippen molar-refractivity contribution in [3.05, 3.63) is 0 Å². The van der Waals surface area contributed by atoms with Crippen LogP contribution in [0, 0.1) is 5.92 Å². The molecule has 0 unspecified atom stereocenters. The lowest BCUT2D eigenvalue weighted by molar-refractivity contribution is -0.0747. The van der Waals surface area contributed by atoms with E-state index >= 15 is 0 Å². The monoisotopic (exact) mass is 270 g/mol. The second-order valence-electron chi connectivity index (χ2n) is 6.54. The van der Waals surface area contributed by atoms with Crippen LogP contribution in [0.2, 0.25) is 0 Å². The molecular formula is C16H34N2O. The first-order chi connectivity index (χ1) is 9.04. The van der Waals surface area contributed by atoms with Gasteiger partial charge in [0.05, 0.1) is 12.7 Å². The standard InChI is InChI=1S/C16H34N2O/c1-6-10-17(4)13-16-15(9-7-8-14(2)3)18(5)11-12-19-16/h14-16H,6-13H2,1-5H3/t15-,16+/m0/s1. The van der Waals surface area contributed by atoms with E-state index in [-0.39, 0.29) is 0 Å². The first-order valence-electron chi connectivity index (χ1n) is 8.05. The van der Waals surface area contributed by atoms with E-state index in [9.17, 15) is 0 Å². The molecule has 114 valence electrons. The van der Waals surface area contributed by atoms with E-state index in [4.69, 9.17) is 4.74 Å². The SMILES string of the molecule is CCCN(C)C[C@H]1OCCN(C)[C@H]1CCCC(C)C. The minimum atomic E-state index is 0.391. The number of ether oxygens (including phenoxy) is 1.